The highest BCUT2D eigenvalue weighted by Crippen LogP contribution is 2.10. The molecule has 0 unspecified atom stereocenters. The maximum atomic E-state index is 11.4. The van der Waals surface area contributed by atoms with E-state index in [-0.39, 0.29) is 18.3 Å². The summed E-state index contributed by atoms with van der Waals surface area (Å²) in [6.07, 6.45) is 12.1. The smallest absolute Gasteiger partial charge is 0.305 e. The Morgan fingerprint density at radius 1 is 0.864 bits per heavy atom. The number of rotatable bonds is 15. The van der Waals surface area contributed by atoms with E-state index in [1.165, 1.54) is 44.9 Å². The van der Waals surface area contributed by atoms with Gasteiger partial charge in [0.25, 0.3) is 10.1 Å². The van der Waals surface area contributed by atoms with Gasteiger partial charge in [-0.15, -0.1) is 0 Å². The zero-order valence-corrected chi connectivity index (χ0v) is 14.7. The summed E-state index contributed by atoms with van der Waals surface area (Å²) in [6.45, 7) is 2.44. The second kappa shape index (κ2) is 14.0. The normalized spacial score (nSPS) is 11.5. The van der Waals surface area contributed by atoms with Crippen molar-refractivity contribution in [2.24, 2.45) is 0 Å². The van der Waals surface area contributed by atoms with Crippen molar-refractivity contribution in [1.82, 2.24) is 0 Å². The van der Waals surface area contributed by atoms with Crippen LogP contribution in [-0.4, -0.2) is 31.3 Å². The van der Waals surface area contributed by atoms with Crippen LogP contribution >= 0.6 is 0 Å². The summed E-state index contributed by atoms with van der Waals surface area (Å²) in [7, 11) is -3.90. The molecule has 0 aliphatic heterocycles. The average Bonchev–Trinajstić information content (AvgIpc) is 2.44. The summed E-state index contributed by atoms with van der Waals surface area (Å²) in [5, 5.41) is 0. The van der Waals surface area contributed by atoms with Gasteiger partial charge in [0.15, 0.2) is 0 Å². The van der Waals surface area contributed by atoms with E-state index < -0.39 is 10.1 Å². The van der Waals surface area contributed by atoms with Crippen molar-refractivity contribution in [2.75, 3.05) is 12.4 Å². The van der Waals surface area contributed by atoms with Gasteiger partial charge < -0.3 is 4.74 Å². The molecule has 0 atom stereocenters. The lowest BCUT2D eigenvalue weighted by Crippen LogP contribution is -2.08. The Morgan fingerprint density at radius 2 is 1.41 bits per heavy atom. The first-order valence-electron chi connectivity index (χ1n) is 8.56. The molecular weight excluding hydrogens is 304 g/mol. The molecule has 1 N–H and O–H groups in total. The second-order valence-electron chi connectivity index (χ2n) is 5.79. The highest BCUT2D eigenvalue weighted by Gasteiger charge is 2.05. The van der Waals surface area contributed by atoms with Gasteiger partial charge in [0, 0.05) is 6.42 Å². The van der Waals surface area contributed by atoms with E-state index in [1.54, 1.807) is 0 Å². The minimum Gasteiger partial charge on any atom is -0.466 e. The lowest BCUT2D eigenvalue weighted by atomic mass is 10.1. The summed E-state index contributed by atoms with van der Waals surface area (Å²) in [5.41, 5.74) is 0. The average molecular weight is 336 g/mol. The van der Waals surface area contributed by atoms with E-state index in [9.17, 15) is 13.2 Å². The zero-order valence-electron chi connectivity index (χ0n) is 13.9. The molecule has 22 heavy (non-hydrogen) atoms. The van der Waals surface area contributed by atoms with E-state index in [2.05, 4.69) is 6.92 Å². The number of hydrogen-bond donors (Lipinski definition) is 1. The minimum atomic E-state index is -3.90. The number of carbonyl (C=O) groups is 1. The zero-order chi connectivity index (χ0) is 16.7. The van der Waals surface area contributed by atoms with Gasteiger partial charge in [-0.1, -0.05) is 58.3 Å². The van der Waals surface area contributed by atoms with Gasteiger partial charge in [-0.05, 0) is 19.3 Å². The molecular formula is C16H32O5S. The standard InChI is InChI=1S/C16H32O5S/c1-2-3-4-5-6-7-8-9-10-13-16(17)21-14-11-12-15-22(18,19)20/h2-15H2,1H3,(H,18,19,20). The molecule has 6 heteroatoms. The Kier molecular flexibility index (Phi) is 13.6. The summed E-state index contributed by atoms with van der Waals surface area (Å²) < 4.78 is 34.5. The molecule has 5 nitrogen and oxygen atoms in total. The number of carbonyl (C=O) groups excluding carboxylic acids is 1. The topological polar surface area (TPSA) is 80.7 Å². The third kappa shape index (κ3) is 17.4. The highest BCUT2D eigenvalue weighted by atomic mass is 32.2. The van der Waals surface area contributed by atoms with Gasteiger partial charge in [0.1, 0.15) is 0 Å². The third-order valence-electron chi connectivity index (χ3n) is 3.54. The van der Waals surface area contributed by atoms with Crippen LogP contribution in [0, 0.1) is 0 Å². The van der Waals surface area contributed by atoms with Crippen LogP contribution in [0.15, 0.2) is 0 Å². The molecule has 0 fully saturated rings. The van der Waals surface area contributed by atoms with Gasteiger partial charge in [-0.2, -0.15) is 8.42 Å². The van der Waals surface area contributed by atoms with Crippen LogP contribution in [0.3, 0.4) is 0 Å². The lowest BCUT2D eigenvalue weighted by molar-refractivity contribution is -0.143. The first-order valence-corrected chi connectivity index (χ1v) is 10.2. The molecule has 0 saturated carbocycles. The molecule has 0 bridgehead atoms. The SMILES string of the molecule is CCCCCCCCCCCC(=O)OCCCCS(=O)(=O)O. The van der Waals surface area contributed by atoms with Crippen molar-refractivity contribution in [1.29, 1.82) is 0 Å². The van der Waals surface area contributed by atoms with Crippen molar-refractivity contribution in [3.63, 3.8) is 0 Å². The first kappa shape index (κ1) is 21.4. The lowest BCUT2D eigenvalue weighted by Gasteiger charge is -2.05. The Bertz CT molecular complexity index is 365. The molecule has 0 aliphatic rings. The predicted octanol–water partition coefficient (Wildman–Crippen LogP) is 4.12. The van der Waals surface area contributed by atoms with Crippen molar-refractivity contribution in [3.05, 3.63) is 0 Å². The fourth-order valence-corrected chi connectivity index (χ4v) is 2.79. The summed E-state index contributed by atoms with van der Waals surface area (Å²) in [4.78, 5) is 11.4. The molecule has 0 aromatic carbocycles. The van der Waals surface area contributed by atoms with Crippen LogP contribution in [-0.2, 0) is 19.6 Å². The van der Waals surface area contributed by atoms with Gasteiger partial charge in [0.2, 0.25) is 0 Å². The van der Waals surface area contributed by atoms with Gasteiger partial charge >= 0.3 is 5.97 Å². The summed E-state index contributed by atoms with van der Waals surface area (Å²) in [6, 6.07) is 0. The van der Waals surface area contributed by atoms with Crippen LogP contribution in [0.1, 0.15) is 84.0 Å². The van der Waals surface area contributed by atoms with Crippen LogP contribution in [0.25, 0.3) is 0 Å². The molecule has 0 spiro atoms. The van der Waals surface area contributed by atoms with Gasteiger partial charge in [-0.25, -0.2) is 0 Å². The van der Waals surface area contributed by atoms with E-state index in [4.69, 9.17) is 9.29 Å². The molecule has 0 aromatic heterocycles. The minimum absolute atomic E-state index is 0.213. The van der Waals surface area contributed by atoms with Crippen molar-refractivity contribution < 1.29 is 22.5 Å². The van der Waals surface area contributed by atoms with Gasteiger partial charge in [0.05, 0.1) is 12.4 Å². The first-order chi connectivity index (χ1) is 10.5. The Labute approximate surface area is 135 Å². The third-order valence-corrected chi connectivity index (χ3v) is 4.35. The molecule has 0 aliphatic carbocycles. The fourth-order valence-electron chi connectivity index (χ4n) is 2.22. The predicted molar refractivity (Wildman–Crippen MR) is 88.5 cm³/mol. The maximum Gasteiger partial charge on any atom is 0.305 e. The van der Waals surface area contributed by atoms with E-state index in [0.717, 1.165) is 12.8 Å². The number of esters is 1. The Hall–Kier alpha value is -0.620. The molecule has 0 rings (SSSR count). The second-order valence-corrected chi connectivity index (χ2v) is 7.36. The largest absolute Gasteiger partial charge is 0.466 e. The molecule has 0 heterocycles. The molecule has 0 saturated heterocycles. The van der Waals surface area contributed by atoms with E-state index in [1.807, 2.05) is 0 Å². The maximum absolute atomic E-state index is 11.4. The van der Waals surface area contributed by atoms with Crippen LogP contribution in [0.5, 0.6) is 0 Å². The van der Waals surface area contributed by atoms with Crippen molar-refractivity contribution in [3.8, 4) is 0 Å². The Morgan fingerprint density at radius 3 is 1.95 bits per heavy atom. The monoisotopic (exact) mass is 336 g/mol. The summed E-state index contributed by atoms with van der Waals surface area (Å²) >= 11 is 0. The molecule has 0 amide bonds. The van der Waals surface area contributed by atoms with E-state index in [0.29, 0.717) is 19.3 Å². The Balaban J connectivity index is 3.26. The highest BCUT2D eigenvalue weighted by molar-refractivity contribution is 7.85. The fraction of sp³-hybridized carbons (Fsp3) is 0.938. The van der Waals surface area contributed by atoms with Crippen LogP contribution < -0.4 is 0 Å². The van der Waals surface area contributed by atoms with Crippen LogP contribution in [0.4, 0.5) is 0 Å². The van der Waals surface area contributed by atoms with E-state index >= 15 is 0 Å². The van der Waals surface area contributed by atoms with Crippen LogP contribution in [0.2, 0.25) is 0 Å². The molecule has 132 valence electrons. The quantitative estimate of drug-likeness (QED) is 0.276. The van der Waals surface area contributed by atoms with Gasteiger partial charge in [-0.3, -0.25) is 9.35 Å². The number of unbranched alkanes of at least 4 members (excludes halogenated alkanes) is 9. The number of hydrogen-bond acceptors (Lipinski definition) is 4. The number of ether oxygens (including phenoxy) is 1. The summed E-state index contributed by atoms with van der Waals surface area (Å²) in [5.74, 6) is -0.488. The van der Waals surface area contributed by atoms with Crippen molar-refractivity contribution >= 4 is 16.1 Å². The van der Waals surface area contributed by atoms with Crippen molar-refractivity contribution in [2.45, 2.75) is 84.0 Å². The molecule has 0 radical (unpaired) electrons. The molecule has 0 aromatic rings.